The number of carbonyl (C=O) groups excluding carboxylic acids is 2. The van der Waals surface area contributed by atoms with Crippen molar-refractivity contribution in [2.24, 2.45) is 5.73 Å². The summed E-state index contributed by atoms with van der Waals surface area (Å²) >= 11 is 0. The maximum absolute atomic E-state index is 11.4. The lowest BCUT2D eigenvalue weighted by molar-refractivity contribution is -0.126. The molecule has 0 aliphatic heterocycles. The van der Waals surface area contributed by atoms with Crippen molar-refractivity contribution in [3.63, 3.8) is 0 Å². The number of nitrogens with one attached hydrogen (secondary N) is 1. The van der Waals surface area contributed by atoms with Crippen LogP contribution in [0.1, 0.15) is 19.4 Å². The number of primary amides is 1. The molecule has 0 unspecified atom stereocenters. The Morgan fingerprint density at radius 2 is 2.18 bits per heavy atom. The molecule has 17 heavy (non-hydrogen) atoms. The molecule has 5 nitrogen and oxygen atoms in total. The zero-order chi connectivity index (χ0) is 12.8. The van der Waals surface area contributed by atoms with Gasteiger partial charge in [-0.15, -0.1) is 0 Å². The minimum Gasteiger partial charge on any atom is -0.481 e. The number of ether oxygens (including phenoxy) is 1. The highest BCUT2D eigenvalue weighted by Gasteiger charge is 2.15. The fraction of sp³-hybridized carbons (Fsp3) is 0.333. The van der Waals surface area contributed by atoms with Crippen LogP contribution in [0.15, 0.2) is 24.3 Å². The van der Waals surface area contributed by atoms with Gasteiger partial charge < -0.3 is 10.5 Å². The van der Waals surface area contributed by atoms with E-state index in [1.54, 1.807) is 13.0 Å². The van der Waals surface area contributed by atoms with E-state index in [-0.39, 0.29) is 0 Å². The zero-order valence-corrected chi connectivity index (χ0v) is 9.90. The fourth-order valence-corrected chi connectivity index (χ4v) is 1.32. The van der Waals surface area contributed by atoms with Crippen LogP contribution in [0, 0.1) is 0 Å². The molecule has 92 valence electrons. The van der Waals surface area contributed by atoms with Crippen LogP contribution in [0.25, 0.3) is 0 Å². The second-order valence-corrected chi connectivity index (χ2v) is 3.61. The summed E-state index contributed by atoms with van der Waals surface area (Å²) in [5.74, 6) is 0.0378. The maximum atomic E-state index is 11.4. The number of aryl methyl sites for hydroxylation is 1. The Balaban J connectivity index is 2.63. The van der Waals surface area contributed by atoms with E-state index in [1.165, 1.54) is 0 Å². The van der Waals surface area contributed by atoms with Gasteiger partial charge in [0.2, 0.25) is 0 Å². The van der Waals surface area contributed by atoms with Gasteiger partial charge in [-0.25, -0.2) is 4.79 Å². The van der Waals surface area contributed by atoms with E-state index in [2.05, 4.69) is 0 Å². The second kappa shape index (κ2) is 5.89. The molecule has 0 aliphatic carbocycles. The molecule has 1 aromatic rings. The Labute approximate surface area is 99.9 Å². The summed E-state index contributed by atoms with van der Waals surface area (Å²) in [5.41, 5.74) is 5.96. The number of urea groups is 1. The highest BCUT2D eigenvalue weighted by molar-refractivity contribution is 5.95. The van der Waals surface area contributed by atoms with Crippen LogP contribution in [0.2, 0.25) is 0 Å². The lowest BCUT2D eigenvalue weighted by atomic mass is 10.2. The van der Waals surface area contributed by atoms with Gasteiger partial charge in [0.05, 0.1) is 0 Å². The SMILES string of the molecule is CCc1cccc(O[C@H](C)C(=O)NC(N)=O)c1. The number of nitrogens with two attached hydrogens (primary N) is 1. The third-order valence-electron chi connectivity index (χ3n) is 2.24. The topological polar surface area (TPSA) is 81.4 Å². The number of carbonyl (C=O) groups is 2. The number of imide groups is 1. The van der Waals surface area contributed by atoms with Gasteiger partial charge in [-0.2, -0.15) is 0 Å². The third-order valence-corrected chi connectivity index (χ3v) is 2.24. The van der Waals surface area contributed by atoms with Crippen molar-refractivity contribution in [3.05, 3.63) is 29.8 Å². The molecule has 3 N–H and O–H groups in total. The number of amides is 3. The number of hydrogen-bond acceptors (Lipinski definition) is 3. The quantitative estimate of drug-likeness (QED) is 0.824. The molecule has 0 bridgehead atoms. The average Bonchev–Trinajstić information content (AvgIpc) is 2.28. The van der Waals surface area contributed by atoms with E-state index in [9.17, 15) is 9.59 Å². The minimum atomic E-state index is -0.882. The van der Waals surface area contributed by atoms with E-state index in [0.717, 1.165) is 12.0 Å². The lowest BCUT2D eigenvalue weighted by Crippen LogP contribution is -2.42. The van der Waals surface area contributed by atoms with E-state index in [4.69, 9.17) is 10.5 Å². The van der Waals surface area contributed by atoms with Crippen LogP contribution in [0.5, 0.6) is 5.75 Å². The summed E-state index contributed by atoms with van der Waals surface area (Å²) in [6.07, 6.45) is 0.119. The predicted molar refractivity (Wildman–Crippen MR) is 63.6 cm³/mol. The van der Waals surface area contributed by atoms with Crippen molar-refractivity contribution in [2.75, 3.05) is 0 Å². The first-order valence-corrected chi connectivity index (χ1v) is 5.38. The largest absolute Gasteiger partial charge is 0.481 e. The van der Waals surface area contributed by atoms with Gasteiger partial charge in [-0.05, 0) is 31.0 Å². The molecular weight excluding hydrogens is 220 g/mol. The van der Waals surface area contributed by atoms with E-state index >= 15 is 0 Å². The molecule has 0 heterocycles. The van der Waals surface area contributed by atoms with Crippen molar-refractivity contribution in [1.82, 2.24) is 5.32 Å². The number of hydrogen-bond donors (Lipinski definition) is 2. The Morgan fingerprint density at radius 1 is 1.47 bits per heavy atom. The van der Waals surface area contributed by atoms with Gasteiger partial charge in [0.1, 0.15) is 5.75 Å². The Morgan fingerprint density at radius 3 is 2.76 bits per heavy atom. The fourth-order valence-electron chi connectivity index (χ4n) is 1.32. The summed E-state index contributed by atoms with van der Waals surface area (Å²) in [7, 11) is 0. The van der Waals surface area contributed by atoms with Gasteiger partial charge in [-0.3, -0.25) is 10.1 Å². The highest BCUT2D eigenvalue weighted by Crippen LogP contribution is 2.15. The highest BCUT2D eigenvalue weighted by atomic mass is 16.5. The first-order valence-electron chi connectivity index (χ1n) is 5.38. The predicted octanol–water partition coefficient (Wildman–Crippen LogP) is 1.21. The molecule has 5 heteroatoms. The normalized spacial score (nSPS) is 11.6. The van der Waals surface area contributed by atoms with Crippen LogP contribution >= 0.6 is 0 Å². The van der Waals surface area contributed by atoms with Crippen LogP contribution in [-0.2, 0) is 11.2 Å². The molecule has 1 atom stereocenters. The van der Waals surface area contributed by atoms with Crippen molar-refractivity contribution < 1.29 is 14.3 Å². The lowest BCUT2D eigenvalue weighted by Gasteiger charge is -2.13. The second-order valence-electron chi connectivity index (χ2n) is 3.61. The van der Waals surface area contributed by atoms with Crippen molar-refractivity contribution >= 4 is 11.9 Å². The molecule has 3 amide bonds. The van der Waals surface area contributed by atoms with Gasteiger partial charge in [0, 0.05) is 0 Å². The third kappa shape index (κ3) is 4.14. The number of rotatable bonds is 4. The molecule has 0 saturated carbocycles. The van der Waals surface area contributed by atoms with Crippen molar-refractivity contribution in [1.29, 1.82) is 0 Å². The molecular formula is C12H16N2O3. The van der Waals surface area contributed by atoms with E-state index in [1.807, 2.05) is 30.4 Å². The van der Waals surface area contributed by atoms with E-state index < -0.39 is 18.0 Å². The first kappa shape index (κ1) is 13.0. The van der Waals surface area contributed by atoms with Crippen molar-refractivity contribution in [2.45, 2.75) is 26.4 Å². The minimum absolute atomic E-state index is 0.556. The van der Waals surface area contributed by atoms with Crippen LogP contribution in [0.3, 0.4) is 0 Å². The van der Waals surface area contributed by atoms with Crippen LogP contribution < -0.4 is 15.8 Å². The maximum Gasteiger partial charge on any atom is 0.318 e. The summed E-state index contributed by atoms with van der Waals surface area (Å²) in [4.78, 5) is 21.9. The molecule has 0 radical (unpaired) electrons. The summed E-state index contributed by atoms with van der Waals surface area (Å²) in [6, 6.07) is 6.56. The van der Waals surface area contributed by atoms with Crippen LogP contribution in [0.4, 0.5) is 4.79 Å². The average molecular weight is 236 g/mol. The molecule has 1 rings (SSSR count). The summed E-state index contributed by atoms with van der Waals surface area (Å²) in [6.45, 7) is 3.58. The van der Waals surface area contributed by atoms with Crippen molar-refractivity contribution in [3.8, 4) is 5.75 Å². The number of benzene rings is 1. The molecule has 1 aromatic carbocycles. The summed E-state index contributed by atoms with van der Waals surface area (Å²) in [5, 5.41) is 1.97. The molecule has 0 aliphatic rings. The Hall–Kier alpha value is -2.04. The van der Waals surface area contributed by atoms with Gasteiger partial charge >= 0.3 is 6.03 Å². The molecule has 0 spiro atoms. The molecule has 0 aromatic heterocycles. The Kier molecular flexibility index (Phi) is 4.51. The van der Waals surface area contributed by atoms with Gasteiger partial charge in [0.15, 0.2) is 6.10 Å². The molecule has 0 saturated heterocycles. The molecule has 0 fully saturated rings. The smallest absolute Gasteiger partial charge is 0.318 e. The van der Waals surface area contributed by atoms with Crippen LogP contribution in [-0.4, -0.2) is 18.0 Å². The van der Waals surface area contributed by atoms with E-state index in [0.29, 0.717) is 5.75 Å². The Bertz CT molecular complexity index is 418. The first-order chi connectivity index (χ1) is 8.02. The van der Waals surface area contributed by atoms with Gasteiger partial charge in [-0.1, -0.05) is 19.1 Å². The summed E-state index contributed by atoms with van der Waals surface area (Å²) < 4.78 is 5.40. The standard InChI is InChI=1S/C12H16N2O3/c1-3-9-5-4-6-10(7-9)17-8(2)11(15)14-12(13)16/h4-8H,3H2,1-2H3,(H3,13,14,15,16)/t8-/m1/s1. The monoisotopic (exact) mass is 236 g/mol. The zero-order valence-electron chi connectivity index (χ0n) is 9.90. The van der Waals surface area contributed by atoms with Gasteiger partial charge in [0.25, 0.3) is 5.91 Å².